The van der Waals surface area contributed by atoms with Crippen LogP contribution in [0, 0.1) is 5.92 Å². The molecule has 0 unspecified atom stereocenters. The van der Waals surface area contributed by atoms with Crippen molar-refractivity contribution in [1.29, 1.82) is 0 Å². The molecule has 0 aromatic rings. The summed E-state index contributed by atoms with van der Waals surface area (Å²) >= 11 is 0. The van der Waals surface area contributed by atoms with Crippen LogP contribution in [0.5, 0.6) is 0 Å². The van der Waals surface area contributed by atoms with E-state index in [1.54, 1.807) is 0 Å². The van der Waals surface area contributed by atoms with Crippen LogP contribution in [0.3, 0.4) is 0 Å². The highest BCUT2D eigenvalue weighted by molar-refractivity contribution is 4.77. The summed E-state index contributed by atoms with van der Waals surface area (Å²) in [7, 11) is 0. The van der Waals surface area contributed by atoms with Gasteiger partial charge in [-0.05, 0) is 25.3 Å². The van der Waals surface area contributed by atoms with E-state index < -0.39 is 0 Å². The Morgan fingerprint density at radius 2 is 1.89 bits per heavy atom. The van der Waals surface area contributed by atoms with Crippen molar-refractivity contribution in [3.63, 3.8) is 0 Å². The summed E-state index contributed by atoms with van der Waals surface area (Å²) in [6, 6.07) is 0.392. The van der Waals surface area contributed by atoms with Crippen molar-refractivity contribution in [2.24, 2.45) is 17.4 Å². The Morgan fingerprint density at radius 1 is 1.22 bits per heavy atom. The summed E-state index contributed by atoms with van der Waals surface area (Å²) in [4.78, 5) is 0. The Balaban J connectivity index is 2.30. The zero-order chi connectivity index (χ0) is 6.69. The van der Waals surface area contributed by atoms with Gasteiger partial charge in [0.1, 0.15) is 0 Å². The number of hydrogen-bond donors (Lipinski definition) is 2. The zero-order valence-electron chi connectivity index (χ0n) is 5.84. The molecule has 2 nitrogen and oxygen atoms in total. The monoisotopic (exact) mass is 128 g/mol. The Kier molecular flexibility index (Phi) is 2.49. The lowest BCUT2D eigenvalue weighted by molar-refractivity contribution is 0.315. The first kappa shape index (κ1) is 7.03. The molecule has 0 spiro atoms. The van der Waals surface area contributed by atoms with E-state index in [2.05, 4.69) is 0 Å². The highest BCUT2D eigenvalue weighted by Gasteiger charge is 2.19. The molecule has 0 amide bonds. The maximum absolute atomic E-state index is 5.81. The molecule has 0 heterocycles. The van der Waals surface area contributed by atoms with Gasteiger partial charge in [-0.2, -0.15) is 0 Å². The van der Waals surface area contributed by atoms with Gasteiger partial charge in [-0.1, -0.05) is 12.8 Å². The number of nitrogens with two attached hydrogens (primary N) is 2. The molecule has 2 atom stereocenters. The lowest BCUT2D eigenvalue weighted by Crippen LogP contribution is -2.37. The Labute approximate surface area is 56.6 Å². The molecule has 1 aliphatic rings. The predicted octanol–water partition coefficient (Wildman–Crippen LogP) is 0.463. The standard InChI is InChI=1S/C7H16N2/c8-5-6-3-1-2-4-7(6)9/h6-7H,1-5,8-9H2/t6-,7-/m1/s1. The van der Waals surface area contributed by atoms with Crippen LogP contribution in [0.1, 0.15) is 25.7 Å². The molecule has 0 bridgehead atoms. The third-order valence-electron chi connectivity index (χ3n) is 2.27. The topological polar surface area (TPSA) is 52.0 Å². The van der Waals surface area contributed by atoms with Gasteiger partial charge in [0.05, 0.1) is 0 Å². The average molecular weight is 128 g/mol. The fourth-order valence-electron chi connectivity index (χ4n) is 1.53. The summed E-state index contributed by atoms with van der Waals surface area (Å²) < 4.78 is 0. The van der Waals surface area contributed by atoms with Crippen LogP contribution in [-0.4, -0.2) is 12.6 Å². The smallest absolute Gasteiger partial charge is 0.00792 e. The van der Waals surface area contributed by atoms with Crippen molar-refractivity contribution >= 4 is 0 Å². The molecule has 1 fully saturated rings. The van der Waals surface area contributed by atoms with Crippen molar-refractivity contribution in [3.05, 3.63) is 0 Å². The highest BCUT2D eigenvalue weighted by Crippen LogP contribution is 2.21. The summed E-state index contributed by atoms with van der Waals surface area (Å²) in [5, 5.41) is 0. The minimum absolute atomic E-state index is 0.392. The van der Waals surface area contributed by atoms with Gasteiger partial charge in [0.15, 0.2) is 0 Å². The molecule has 1 saturated carbocycles. The number of rotatable bonds is 1. The average Bonchev–Trinajstić information content (AvgIpc) is 1.89. The molecule has 54 valence electrons. The summed E-state index contributed by atoms with van der Waals surface area (Å²) in [6.45, 7) is 0.779. The maximum atomic E-state index is 5.81. The Bertz CT molecular complexity index is 83.0. The largest absolute Gasteiger partial charge is 0.330 e. The molecule has 0 saturated heterocycles. The first-order valence-electron chi connectivity index (χ1n) is 3.80. The second kappa shape index (κ2) is 3.18. The van der Waals surface area contributed by atoms with Crippen LogP contribution < -0.4 is 11.5 Å². The van der Waals surface area contributed by atoms with E-state index >= 15 is 0 Å². The first-order valence-corrected chi connectivity index (χ1v) is 3.80. The minimum atomic E-state index is 0.392. The van der Waals surface area contributed by atoms with Gasteiger partial charge < -0.3 is 11.5 Å². The summed E-state index contributed by atoms with van der Waals surface area (Å²) in [5.41, 5.74) is 11.3. The third-order valence-corrected chi connectivity index (χ3v) is 2.27. The van der Waals surface area contributed by atoms with Crippen LogP contribution in [0.2, 0.25) is 0 Å². The summed E-state index contributed by atoms with van der Waals surface area (Å²) in [5.74, 6) is 0.610. The van der Waals surface area contributed by atoms with Crippen LogP contribution in [0.15, 0.2) is 0 Å². The van der Waals surface area contributed by atoms with Crippen molar-refractivity contribution < 1.29 is 0 Å². The van der Waals surface area contributed by atoms with Crippen LogP contribution in [0.25, 0.3) is 0 Å². The van der Waals surface area contributed by atoms with E-state index in [0.29, 0.717) is 12.0 Å². The van der Waals surface area contributed by atoms with Crippen molar-refractivity contribution in [3.8, 4) is 0 Å². The second-order valence-electron chi connectivity index (χ2n) is 2.94. The van der Waals surface area contributed by atoms with E-state index in [1.165, 1.54) is 25.7 Å². The van der Waals surface area contributed by atoms with E-state index in [9.17, 15) is 0 Å². The van der Waals surface area contributed by atoms with Gasteiger partial charge in [0, 0.05) is 6.04 Å². The SMILES string of the molecule is NC[C@H]1CCCC[C@H]1N. The molecule has 0 aromatic heterocycles. The van der Waals surface area contributed by atoms with Crippen molar-refractivity contribution in [1.82, 2.24) is 0 Å². The van der Waals surface area contributed by atoms with E-state index in [0.717, 1.165) is 6.54 Å². The van der Waals surface area contributed by atoms with Gasteiger partial charge >= 0.3 is 0 Å². The first-order chi connectivity index (χ1) is 4.34. The fraction of sp³-hybridized carbons (Fsp3) is 1.00. The lowest BCUT2D eigenvalue weighted by Gasteiger charge is -2.26. The predicted molar refractivity (Wildman–Crippen MR) is 39.0 cm³/mol. The highest BCUT2D eigenvalue weighted by atomic mass is 14.7. The molecule has 0 radical (unpaired) electrons. The molecule has 4 N–H and O–H groups in total. The van der Waals surface area contributed by atoms with E-state index in [1.807, 2.05) is 0 Å². The Hall–Kier alpha value is -0.0800. The van der Waals surface area contributed by atoms with Crippen LogP contribution >= 0.6 is 0 Å². The lowest BCUT2D eigenvalue weighted by atomic mass is 9.85. The van der Waals surface area contributed by atoms with Crippen LogP contribution in [0.4, 0.5) is 0 Å². The van der Waals surface area contributed by atoms with Crippen molar-refractivity contribution in [2.45, 2.75) is 31.7 Å². The van der Waals surface area contributed by atoms with Gasteiger partial charge in [-0.25, -0.2) is 0 Å². The van der Waals surface area contributed by atoms with Gasteiger partial charge in [0.2, 0.25) is 0 Å². The van der Waals surface area contributed by atoms with Gasteiger partial charge in [0.25, 0.3) is 0 Å². The molecule has 1 aliphatic carbocycles. The molecule has 0 aromatic carbocycles. The zero-order valence-corrected chi connectivity index (χ0v) is 5.84. The maximum Gasteiger partial charge on any atom is 0.00792 e. The molecular formula is C7H16N2. The Morgan fingerprint density at radius 3 is 2.33 bits per heavy atom. The van der Waals surface area contributed by atoms with E-state index in [4.69, 9.17) is 11.5 Å². The van der Waals surface area contributed by atoms with Gasteiger partial charge in [-0.3, -0.25) is 0 Å². The minimum Gasteiger partial charge on any atom is -0.330 e. The molecule has 9 heavy (non-hydrogen) atoms. The quantitative estimate of drug-likeness (QED) is 0.539. The molecule has 1 rings (SSSR count). The van der Waals surface area contributed by atoms with Crippen LogP contribution in [-0.2, 0) is 0 Å². The fourth-order valence-corrected chi connectivity index (χ4v) is 1.53. The summed E-state index contributed by atoms with van der Waals surface area (Å²) in [6.07, 6.45) is 5.06. The van der Waals surface area contributed by atoms with E-state index in [-0.39, 0.29) is 0 Å². The molecule has 2 heteroatoms. The normalized spacial score (nSPS) is 36.7. The van der Waals surface area contributed by atoms with Crippen molar-refractivity contribution in [2.75, 3.05) is 6.54 Å². The molecule has 0 aliphatic heterocycles. The second-order valence-corrected chi connectivity index (χ2v) is 2.94. The molecular weight excluding hydrogens is 112 g/mol. The van der Waals surface area contributed by atoms with Gasteiger partial charge in [-0.15, -0.1) is 0 Å². The third kappa shape index (κ3) is 1.66. The number of hydrogen-bond acceptors (Lipinski definition) is 2.